The predicted molar refractivity (Wildman–Crippen MR) is 94.1 cm³/mol. The summed E-state index contributed by atoms with van der Waals surface area (Å²) in [5.41, 5.74) is -0.528. The number of benzene rings is 1. The van der Waals surface area contributed by atoms with E-state index in [1.54, 1.807) is 0 Å². The fraction of sp³-hybridized carbons (Fsp3) is 0.412. The lowest BCUT2D eigenvalue weighted by atomic mass is 9.64. The fourth-order valence-corrected chi connectivity index (χ4v) is 4.52. The van der Waals surface area contributed by atoms with Crippen molar-refractivity contribution in [2.24, 2.45) is 14.1 Å². The van der Waals surface area contributed by atoms with E-state index in [-0.39, 0.29) is 12.0 Å². The third-order valence-corrected chi connectivity index (χ3v) is 6.39. The summed E-state index contributed by atoms with van der Waals surface area (Å²) in [7, 11) is -1.33. The second-order valence-corrected chi connectivity index (χ2v) is 8.31. The van der Waals surface area contributed by atoms with Gasteiger partial charge in [0.05, 0.1) is 0 Å². The van der Waals surface area contributed by atoms with Crippen molar-refractivity contribution < 1.29 is 8.42 Å². The minimum Gasteiger partial charge on any atom is -0.302 e. The first-order valence-electron chi connectivity index (χ1n) is 8.09. The van der Waals surface area contributed by atoms with Crippen LogP contribution in [0.2, 0.25) is 0 Å². The Morgan fingerprint density at radius 1 is 1.12 bits per heavy atom. The first kappa shape index (κ1) is 17.6. The molecule has 3 rings (SSSR count). The van der Waals surface area contributed by atoms with Gasteiger partial charge < -0.3 is 4.57 Å². The molecule has 0 radical (unpaired) electrons. The lowest BCUT2D eigenvalue weighted by Gasteiger charge is -2.42. The number of hydrogen-bond acceptors (Lipinski definition) is 4. The molecule has 0 saturated heterocycles. The first-order valence-corrected chi connectivity index (χ1v) is 9.57. The molecule has 0 amide bonds. The second-order valence-electron chi connectivity index (χ2n) is 6.58. The van der Waals surface area contributed by atoms with Gasteiger partial charge in [0.25, 0.3) is 5.56 Å². The Kier molecular flexibility index (Phi) is 4.42. The molecule has 134 valence electrons. The van der Waals surface area contributed by atoms with Gasteiger partial charge in [0.1, 0.15) is 0 Å². The number of rotatable bonds is 5. The molecule has 1 fully saturated rings. The van der Waals surface area contributed by atoms with Gasteiger partial charge in [0.15, 0.2) is 4.90 Å². The molecule has 0 bridgehead atoms. The average Bonchev–Trinajstić information content (AvgIpc) is 2.56. The largest absolute Gasteiger partial charge is 0.330 e. The summed E-state index contributed by atoms with van der Waals surface area (Å²) < 4.78 is 29.8. The zero-order chi connectivity index (χ0) is 18.2. The number of aryl methyl sites for hydroxylation is 1. The summed E-state index contributed by atoms with van der Waals surface area (Å²) in [6.45, 7) is 0.228. The van der Waals surface area contributed by atoms with E-state index < -0.39 is 26.2 Å². The molecule has 1 aliphatic rings. The quantitative estimate of drug-likeness (QED) is 0.837. The van der Waals surface area contributed by atoms with Gasteiger partial charge in [-0.2, -0.15) is 0 Å². The average molecular weight is 363 g/mol. The molecule has 0 spiro atoms. The lowest BCUT2D eigenvalue weighted by Crippen LogP contribution is -2.47. The van der Waals surface area contributed by atoms with Crippen LogP contribution in [-0.2, 0) is 29.5 Å². The summed E-state index contributed by atoms with van der Waals surface area (Å²) in [6.07, 6.45) is 3.90. The Balaban J connectivity index is 1.91. The molecule has 0 unspecified atom stereocenters. The van der Waals surface area contributed by atoms with Gasteiger partial charge in [-0.05, 0) is 18.4 Å². The van der Waals surface area contributed by atoms with Crippen molar-refractivity contribution >= 4 is 10.0 Å². The van der Waals surface area contributed by atoms with Gasteiger partial charge in [0, 0.05) is 32.3 Å². The van der Waals surface area contributed by atoms with Crippen LogP contribution in [0.1, 0.15) is 24.8 Å². The van der Waals surface area contributed by atoms with Gasteiger partial charge in [-0.1, -0.05) is 36.8 Å². The molecule has 7 nitrogen and oxygen atoms in total. The summed E-state index contributed by atoms with van der Waals surface area (Å²) >= 11 is 0. The van der Waals surface area contributed by atoms with E-state index in [4.69, 9.17) is 0 Å². The molecule has 1 aromatic heterocycles. The highest BCUT2D eigenvalue weighted by molar-refractivity contribution is 7.89. The van der Waals surface area contributed by atoms with Crippen LogP contribution < -0.4 is 16.0 Å². The normalized spacial score (nSPS) is 16.4. The lowest BCUT2D eigenvalue weighted by molar-refractivity contribution is 0.245. The smallest absolute Gasteiger partial charge is 0.302 e. The maximum absolute atomic E-state index is 12.6. The number of nitrogens with one attached hydrogen (secondary N) is 1. The highest BCUT2D eigenvalue weighted by Crippen LogP contribution is 2.43. The summed E-state index contributed by atoms with van der Waals surface area (Å²) in [5.74, 6) is 0. The number of nitrogens with zero attached hydrogens (tertiary/aromatic N) is 2. The van der Waals surface area contributed by atoms with E-state index >= 15 is 0 Å². The van der Waals surface area contributed by atoms with Crippen LogP contribution in [0, 0.1) is 0 Å². The monoisotopic (exact) mass is 363 g/mol. The zero-order valence-corrected chi connectivity index (χ0v) is 15.0. The molecule has 0 aliphatic heterocycles. The van der Waals surface area contributed by atoms with Gasteiger partial charge in [-0.15, -0.1) is 0 Å². The van der Waals surface area contributed by atoms with E-state index in [1.807, 2.05) is 30.3 Å². The Hall–Kier alpha value is -2.19. The van der Waals surface area contributed by atoms with Crippen molar-refractivity contribution in [1.82, 2.24) is 13.9 Å². The molecule has 1 aliphatic carbocycles. The van der Waals surface area contributed by atoms with Crippen LogP contribution in [-0.4, -0.2) is 24.1 Å². The Morgan fingerprint density at radius 2 is 1.76 bits per heavy atom. The standard InChI is InChI=1S/C17H21N3O4S/c1-19-11-14(15(21)20(2)16(19)22)25(23,24)18-12-17(9-6-10-17)13-7-4-3-5-8-13/h3-5,7-8,11,18H,6,9-10,12H2,1-2H3. The molecular formula is C17H21N3O4S. The van der Waals surface area contributed by atoms with Crippen LogP contribution in [0.4, 0.5) is 0 Å². The Labute approximate surface area is 146 Å². The third-order valence-electron chi connectivity index (χ3n) is 5.00. The van der Waals surface area contributed by atoms with E-state index in [2.05, 4.69) is 4.72 Å². The minimum atomic E-state index is -4.01. The molecular weight excluding hydrogens is 342 g/mol. The molecule has 1 aromatic carbocycles. The van der Waals surface area contributed by atoms with Crippen molar-refractivity contribution in [3.8, 4) is 0 Å². The van der Waals surface area contributed by atoms with Crippen molar-refractivity contribution in [3.05, 3.63) is 62.9 Å². The van der Waals surface area contributed by atoms with Crippen LogP contribution in [0.3, 0.4) is 0 Å². The number of hydrogen-bond donors (Lipinski definition) is 1. The molecule has 1 heterocycles. The van der Waals surface area contributed by atoms with Crippen LogP contribution in [0.15, 0.2) is 51.0 Å². The Bertz CT molecular complexity index is 1000. The zero-order valence-electron chi connectivity index (χ0n) is 14.2. The molecule has 2 aromatic rings. The highest BCUT2D eigenvalue weighted by atomic mass is 32.2. The summed E-state index contributed by atoms with van der Waals surface area (Å²) in [4.78, 5) is 23.5. The van der Waals surface area contributed by atoms with Crippen molar-refractivity contribution in [1.29, 1.82) is 0 Å². The Morgan fingerprint density at radius 3 is 2.32 bits per heavy atom. The summed E-state index contributed by atoms with van der Waals surface area (Å²) in [6, 6.07) is 9.80. The van der Waals surface area contributed by atoms with Gasteiger partial charge >= 0.3 is 5.69 Å². The molecule has 1 saturated carbocycles. The summed E-state index contributed by atoms with van der Waals surface area (Å²) in [5, 5.41) is 0. The van der Waals surface area contributed by atoms with Crippen molar-refractivity contribution in [2.45, 2.75) is 29.6 Å². The van der Waals surface area contributed by atoms with E-state index in [0.29, 0.717) is 0 Å². The number of sulfonamides is 1. The number of aromatic nitrogens is 2. The van der Waals surface area contributed by atoms with Crippen LogP contribution in [0.5, 0.6) is 0 Å². The molecule has 0 atom stereocenters. The van der Waals surface area contributed by atoms with Crippen LogP contribution >= 0.6 is 0 Å². The van der Waals surface area contributed by atoms with Crippen molar-refractivity contribution in [2.75, 3.05) is 6.54 Å². The van der Waals surface area contributed by atoms with E-state index in [1.165, 1.54) is 14.1 Å². The SMILES string of the molecule is Cn1cc(S(=O)(=O)NCC2(c3ccccc3)CCC2)c(=O)n(C)c1=O. The molecule has 25 heavy (non-hydrogen) atoms. The van der Waals surface area contributed by atoms with E-state index in [0.717, 1.165) is 40.2 Å². The third kappa shape index (κ3) is 3.07. The van der Waals surface area contributed by atoms with E-state index in [9.17, 15) is 18.0 Å². The minimum absolute atomic E-state index is 0.228. The molecule has 1 N–H and O–H groups in total. The first-order chi connectivity index (χ1) is 11.8. The topological polar surface area (TPSA) is 90.2 Å². The predicted octanol–water partition coefficient (Wildman–Crippen LogP) is 0.484. The van der Waals surface area contributed by atoms with Gasteiger partial charge in [-0.3, -0.25) is 9.36 Å². The molecule has 8 heteroatoms. The van der Waals surface area contributed by atoms with Crippen LogP contribution in [0.25, 0.3) is 0 Å². The van der Waals surface area contributed by atoms with Gasteiger partial charge in [0.2, 0.25) is 10.0 Å². The maximum Gasteiger partial charge on any atom is 0.330 e. The maximum atomic E-state index is 12.6. The fourth-order valence-electron chi connectivity index (χ4n) is 3.23. The van der Waals surface area contributed by atoms with Gasteiger partial charge in [-0.25, -0.2) is 17.9 Å². The highest BCUT2D eigenvalue weighted by Gasteiger charge is 2.39. The van der Waals surface area contributed by atoms with Crippen molar-refractivity contribution in [3.63, 3.8) is 0 Å². The second kappa shape index (κ2) is 6.27.